The molecular formula is C13H18F2N2O. The van der Waals surface area contributed by atoms with Gasteiger partial charge in [-0.05, 0) is 38.5 Å². The molecule has 1 unspecified atom stereocenters. The van der Waals surface area contributed by atoms with Crippen molar-refractivity contribution in [1.29, 1.82) is 0 Å². The first-order valence-electron chi connectivity index (χ1n) is 5.88. The smallest absolute Gasteiger partial charge is 0.237 e. The molecule has 0 saturated carbocycles. The van der Waals surface area contributed by atoms with Crippen LogP contribution in [0, 0.1) is 11.6 Å². The summed E-state index contributed by atoms with van der Waals surface area (Å²) in [5.74, 6) is -1.87. The third-order valence-electron chi connectivity index (χ3n) is 2.42. The van der Waals surface area contributed by atoms with Crippen molar-refractivity contribution in [3.63, 3.8) is 0 Å². The molecule has 0 radical (unpaired) electrons. The van der Waals surface area contributed by atoms with Crippen molar-refractivity contribution < 1.29 is 13.6 Å². The third-order valence-corrected chi connectivity index (χ3v) is 2.42. The second kappa shape index (κ2) is 6.44. The van der Waals surface area contributed by atoms with Crippen LogP contribution >= 0.6 is 0 Å². The summed E-state index contributed by atoms with van der Waals surface area (Å²) in [4.78, 5) is 11.6. The van der Waals surface area contributed by atoms with Gasteiger partial charge >= 0.3 is 0 Å². The van der Waals surface area contributed by atoms with E-state index in [1.165, 1.54) is 6.07 Å². The quantitative estimate of drug-likeness (QED) is 0.845. The summed E-state index contributed by atoms with van der Waals surface area (Å²) in [5.41, 5.74) is 0.595. The highest BCUT2D eigenvalue weighted by molar-refractivity contribution is 5.81. The Labute approximate surface area is 106 Å². The molecule has 0 aliphatic heterocycles. The average Bonchev–Trinajstić information content (AvgIpc) is 2.29. The second-order valence-corrected chi connectivity index (χ2v) is 4.51. The van der Waals surface area contributed by atoms with E-state index in [9.17, 15) is 13.6 Å². The van der Waals surface area contributed by atoms with E-state index in [2.05, 4.69) is 10.6 Å². The topological polar surface area (TPSA) is 41.1 Å². The van der Waals surface area contributed by atoms with Crippen LogP contribution in [-0.4, -0.2) is 18.0 Å². The number of hydrogen-bond acceptors (Lipinski definition) is 2. The van der Waals surface area contributed by atoms with Gasteiger partial charge in [-0.2, -0.15) is 0 Å². The van der Waals surface area contributed by atoms with Crippen LogP contribution in [0.3, 0.4) is 0 Å². The van der Waals surface area contributed by atoms with Gasteiger partial charge in [-0.3, -0.25) is 4.79 Å². The normalized spacial score (nSPS) is 12.6. The molecular weight excluding hydrogens is 238 g/mol. The lowest BCUT2D eigenvalue weighted by Crippen LogP contribution is -2.44. The van der Waals surface area contributed by atoms with Crippen LogP contribution in [0.2, 0.25) is 0 Å². The van der Waals surface area contributed by atoms with Gasteiger partial charge in [0.2, 0.25) is 5.91 Å². The van der Waals surface area contributed by atoms with E-state index in [0.29, 0.717) is 12.1 Å². The van der Waals surface area contributed by atoms with Crippen LogP contribution in [0.4, 0.5) is 8.78 Å². The van der Waals surface area contributed by atoms with Gasteiger partial charge in [-0.25, -0.2) is 8.78 Å². The Balaban J connectivity index is 2.49. The SMILES string of the molecule is CC(C)NC(=O)C(C)NCc1ccc(F)c(F)c1. The number of hydrogen-bond donors (Lipinski definition) is 2. The molecule has 0 aliphatic carbocycles. The molecule has 0 spiro atoms. The van der Waals surface area contributed by atoms with Crippen molar-refractivity contribution in [2.45, 2.75) is 39.4 Å². The van der Waals surface area contributed by atoms with Crippen molar-refractivity contribution in [2.24, 2.45) is 0 Å². The Hall–Kier alpha value is -1.49. The molecule has 2 N–H and O–H groups in total. The summed E-state index contributed by atoms with van der Waals surface area (Å²) in [6.07, 6.45) is 0. The van der Waals surface area contributed by atoms with Crippen LogP contribution in [0.15, 0.2) is 18.2 Å². The first-order chi connectivity index (χ1) is 8.40. The predicted octanol–water partition coefficient (Wildman–Crippen LogP) is 1.97. The summed E-state index contributed by atoms with van der Waals surface area (Å²) < 4.78 is 25.7. The van der Waals surface area contributed by atoms with Gasteiger partial charge < -0.3 is 10.6 Å². The minimum Gasteiger partial charge on any atom is -0.353 e. The number of amides is 1. The summed E-state index contributed by atoms with van der Waals surface area (Å²) in [6.45, 7) is 5.78. The molecule has 0 aliphatic rings. The summed E-state index contributed by atoms with van der Waals surface area (Å²) in [6, 6.07) is 3.37. The Morgan fingerprint density at radius 3 is 2.44 bits per heavy atom. The molecule has 100 valence electrons. The maximum Gasteiger partial charge on any atom is 0.237 e. The Kier molecular flexibility index (Phi) is 5.22. The lowest BCUT2D eigenvalue weighted by molar-refractivity contribution is -0.123. The van der Waals surface area contributed by atoms with E-state index in [0.717, 1.165) is 12.1 Å². The van der Waals surface area contributed by atoms with E-state index in [4.69, 9.17) is 0 Å². The zero-order chi connectivity index (χ0) is 13.7. The third kappa shape index (κ3) is 4.41. The number of carbonyl (C=O) groups excluding carboxylic acids is 1. The van der Waals surface area contributed by atoms with Crippen LogP contribution in [-0.2, 0) is 11.3 Å². The lowest BCUT2D eigenvalue weighted by Gasteiger charge is -2.16. The molecule has 1 amide bonds. The zero-order valence-electron chi connectivity index (χ0n) is 10.8. The number of halogens is 2. The van der Waals surface area contributed by atoms with E-state index in [-0.39, 0.29) is 18.0 Å². The second-order valence-electron chi connectivity index (χ2n) is 4.51. The van der Waals surface area contributed by atoms with Crippen molar-refractivity contribution in [1.82, 2.24) is 10.6 Å². The fourth-order valence-electron chi connectivity index (χ4n) is 1.42. The largest absolute Gasteiger partial charge is 0.353 e. The minimum atomic E-state index is -0.881. The Morgan fingerprint density at radius 2 is 1.89 bits per heavy atom. The zero-order valence-corrected chi connectivity index (χ0v) is 10.8. The maximum atomic E-state index is 13.0. The predicted molar refractivity (Wildman–Crippen MR) is 65.9 cm³/mol. The number of nitrogens with one attached hydrogen (secondary N) is 2. The van der Waals surface area contributed by atoms with Gasteiger partial charge in [0, 0.05) is 12.6 Å². The minimum absolute atomic E-state index is 0.0741. The number of carbonyl (C=O) groups is 1. The molecule has 1 atom stereocenters. The molecule has 0 saturated heterocycles. The van der Waals surface area contributed by atoms with E-state index >= 15 is 0 Å². The van der Waals surface area contributed by atoms with Crippen molar-refractivity contribution in [3.05, 3.63) is 35.4 Å². The molecule has 18 heavy (non-hydrogen) atoms. The molecule has 1 aromatic rings. The molecule has 5 heteroatoms. The monoisotopic (exact) mass is 256 g/mol. The van der Waals surface area contributed by atoms with Crippen LogP contribution < -0.4 is 10.6 Å². The van der Waals surface area contributed by atoms with E-state index < -0.39 is 11.6 Å². The van der Waals surface area contributed by atoms with Gasteiger partial charge in [-0.15, -0.1) is 0 Å². The van der Waals surface area contributed by atoms with Crippen LogP contribution in [0.25, 0.3) is 0 Å². The van der Waals surface area contributed by atoms with Crippen LogP contribution in [0.5, 0.6) is 0 Å². The molecule has 0 aromatic heterocycles. The standard InChI is InChI=1S/C13H18F2N2O/c1-8(2)17-13(18)9(3)16-7-10-4-5-11(14)12(15)6-10/h4-6,8-9,16H,7H2,1-3H3,(H,17,18). The van der Waals surface area contributed by atoms with Gasteiger partial charge in [0.25, 0.3) is 0 Å². The first kappa shape index (κ1) is 14.6. The number of rotatable bonds is 5. The van der Waals surface area contributed by atoms with Gasteiger partial charge in [-0.1, -0.05) is 6.07 Å². The molecule has 1 rings (SSSR count). The highest BCUT2D eigenvalue weighted by Crippen LogP contribution is 2.08. The summed E-state index contributed by atoms with van der Waals surface area (Å²) in [7, 11) is 0. The summed E-state index contributed by atoms with van der Waals surface area (Å²) >= 11 is 0. The molecule has 3 nitrogen and oxygen atoms in total. The van der Waals surface area contributed by atoms with Crippen molar-refractivity contribution in [3.8, 4) is 0 Å². The fraction of sp³-hybridized carbons (Fsp3) is 0.462. The van der Waals surface area contributed by atoms with Crippen molar-refractivity contribution in [2.75, 3.05) is 0 Å². The maximum absolute atomic E-state index is 13.0. The first-order valence-corrected chi connectivity index (χ1v) is 5.88. The fourth-order valence-corrected chi connectivity index (χ4v) is 1.42. The number of benzene rings is 1. The molecule has 0 heterocycles. The molecule has 0 bridgehead atoms. The van der Waals surface area contributed by atoms with E-state index in [1.54, 1.807) is 6.92 Å². The van der Waals surface area contributed by atoms with Gasteiger partial charge in [0.15, 0.2) is 11.6 Å². The highest BCUT2D eigenvalue weighted by atomic mass is 19.2. The van der Waals surface area contributed by atoms with Crippen LogP contribution in [0.1, 0.15) is 26.3 Å². The average molecular weight is 256 g/mol. The van der Waals surface area contributed by atoms with Gasteiger partial charge in [0.1, 0.15) is 0 Å². The van der Waals surface area contributed by atoms with Crippen molar-refractivity contribution >= 4 is 5.91 Å². The lowest BCUT2D eigenvalue weighted by atomic mass is 10.2. The Bertz CT molecular complexity index is 421. The summed E-state index contributed by atoms with van der Waals surface area (Å²) in [5, 5.41) is 5.71. The van der Waals surface area contributed by atoms with Gasteiger partial charge in [0.05, 0.1) is 6.04 Å². The Morgan fingerprint density at radius 1 is 1.22 bits per heavy atom. The molecule has 0 fully saturated rings. The highest BCUT2D eigenvalue weighted by Gasteiger charge is 2.13. The van der Waals surface area contributed by atoms with E-state index in [1.807, 2.05) is 13.8 Å². The molecule has 1 aromatic carbocycles.